The highest BCUT2D eigenvalue weighted by Crippen LogP contribution is 2.27. The molecule has 7 heteroatoms. The van der Waals surface area contributed by atoms with Gasteiger partial charge in [0, 0.05) is 25.3 Å². The Morgan fingerprint density at radius 2 is 1.78 bits per heavy atom. The van der Waals surface area contributed by atoms with E-state index in [1.165, 1.54) is 0 Å². The van der Waals surface area contributed by atoms with Crippen LogP contribution in [0.4, 0.5) is 17.1 Å². The summed E-state index contributed by atoms with van der Waals surface area (Å²) < 4.78 is 5.42. The zero-order chi connectivity index (χ0) is 19.1. The molecule has 1 fully saturated rings. The molecule has 3 N–H and O–H groups in total. The van der Waals surface area contributed by atoms with E-state index in [1.54, 1.807) is 6.07 Å². The van der Waals surface area contributed by atoms with Crippen molar-refractivity contribution in [3.8, 4) is 0 Å². The van der Waals surface area contributed by atoms with E-state index in [0.29, 0.717) is 24.5 Å². The van der Waals surface area contributed by atoms with Gasteiger partial charge in [0.25, 0.3) is 5.91 Å². The van der Waals surface area contributed by atoms with E-state index in [0.717, 1.165) is 24.5 Å². The average molecular weight is 390 g/mol. The van der Waals surface area contributed by atoms with Crippen LogP contribution < -0.4 is 15.5 Å². The molecular weight excluding hydrogens is 366 g/mol. The van der Waals surface area contributed by atoms with Gasteiger partial charge in [-0.3, -0.25) is 4.79 Å². The van der Waals surface area contributed by atoms with Crippen molar-refractivity contribution in [2.45, 2.75) is 6.10 Å². The van der Waals surface area contributed by atoms with Gasteiger partial charge in [-0.2, -0.15) is 0 Å². The predicted molar refractivity (Wildman–Crippen MR) is 109 cm³/mol. The Labute approximate surface area is 164 Å². The summed E-state index contributed by atoms with van der Waals surface area (Å²) in [5.74, 6) is -0.0759. The third-order valence-corrected chi connectivity index (χ3v) is 4.74. The number of halogens is 1. The Balaban J connectivity index is 1.76. The van der Waals surface area contributed by atoms with E-state index < -0.39 is 6.10 Å². The molecule has 2 aromatic rings. The number of alkyl halides is 1. The highest BCUT2D eigenvalue weighted by molar-refractivity contribution is 6.18. The monoisotopic (exact) mass is 389 g/mol. The SMILES string of the molecule is O=C(Nc1ccccc1N1CCOCC1)c1ccccc1NCC(O)CCl. The van der Waals surface area contributed by atoms with Crippen molar-refractivity contribution in [1.29, 1.82) is 0 Å². The maximum Gasteiger partial charge on any atom is 0.257 e. The number of rotatable bonds is 7. The zero-order valence-electron chi connectivity index (χ0n) is 15.0. The van der Waals surface area contributed by atoms with Gasteiger partial charge >= 0.3 is 0 Å². The van der Waals surface area contributed by atoms with Gasteiger partial charge in [-0.05, 0) is 24.3 Å². The summed E-state index contributed by atoms with van der Waals surface area (Å²) >= 11 is 5.64. The van der Waals surface area contributed by atoms with Crippen molar-refractivity contribution in [3.05, 3.63) is 54.1 Å². The summed E-state index contributed by atoms with van der Waals surface area (Å²) in [7, 11) is 0. The minimum Gasteiger partial charge on any atom is -0.390 e. The molecule has 144 valence electrons. The number of carbonyl (C=O) groups is 1. The molecule has 0 saturated carbocycles. The number of aliphatic hydroxyl groups is 1. The second-order valence-electron chi connectivity index (χ2n) is 6.31. The topological polar surface area (TPSA) is 73.8 Å². The number of amides is 1. The Morgan fingerprint density at radius 3 is 2.52 bits per heavy atom. The molecule has 0 aromatic heterocycles. The maximum absolute atomic E-state index is 12.9. The van der Waals surface area contributed by atoms with Crippen molar-refractivity contribution >= 4 is 34.6 Å². The van der Waals surface area contributed by atoms with E-state index in [2.05, 4.69) is 15.5 Å². The molecule has 0 bridgehead atoms. The van der Waals surface area contributed by atoms with Crippen LogP contribution in [0.3, 0.4) is 0 Å². The Hall–Kier alpha value is -2.28. The first-order valence-corrected chi connectivity index (χ1v) is 9.52. The summed E-state index contributed by atoms with van der Waals surface area (Å²) in [6.07, 6.45) is -0.676. The Morgan fingerprint density at radius 1 is 1.11 bits per heavy atom. The van der Waals surface area contributed by atoms with Crippen LogP contribution in [0.5, 0.6) is 0 Å². The second kappa shape index (κ2) is 9.60. The fourth-order valence-corrected chi connectivity index (χ4v) is 3.08. The number of morpholine rings is 1. The van der Waals surface area contributed by atoms with Crippen molar-refractivity contribution in [2.24, 2.45) is 0 Å². The third-order valence-electron chi connectivity index (χ3n) is 4.38. The highest BCUT2D eigenvalue weighted by atomic mass is 35.5. The van der Waals surface area contributed by atoms with Gasteiger partial charge in [-0.25, -0.2) is 0 Å². The minimum absolute atomic E-state index is 0.133. The number of nitrogens with zero attached hydrogens (tertiary/aromatic N) is 1. The number of benzene rings is 2. The normalized spacial score (nSPS) is 15.3. The first-order valence-electron chi connectivity index (χ1n) is 8.99. The molecule has 0 aliphatic carbocycles. The average Bonchev–Trinajstić information content (AvgIpc) is 2.73. The van der Waals surface area contributed by atoms with Gasteiger partial charge in [-0.1, -0.05) is 24.3 Å². The van der Waals surface area contributed by atoms with Crippen LogP contribution >= 0.6 is 11.6 Å². The fraction of sp³-hybridized carbons (Fsp3) is 0.350. The summed E-state index contributed by atoms with van der Waals surface area (Å²) in [5.41, 5.74) is 2.91. The molecule has 2 aromatic carbocycles. The smallest absolute Gasteiger partial charge is 0.257 e. The summed E-state index contributed by atoms with van der Waals surface area (Å²) in [5, 5.41) is 15.8. The number of carbonyl (C=O) groups excluding carboxylic acids is 1. The lowest BCUT2D eigenvalue weighted by atomic mass is 10.1. The van der Waals surface area contributed by atoms with Crippen molar-refractivity contribution in [2.75, 3.05) is 54.3 Å². The lowest BCUT2D eigenvalue weighted by Crippen LogP contribution is -2.36. The number of aliphatic hydroxyl groups excluding tert-OH is 1. The molecule has 1 amide bonds. The first kappa shape index (κ1) is 19.5. The van der Waals surface area contributed by atoms with Gasteiger partial charge in [-0.15, -0.1) is 11.6 Å². The van der Waals surface area contributed by atoms with Crippen LogP contribution in [-0.2, 0) is 4.74 Å². The van der Waals surface area contributed by atoms with Gasteiger partial charge in [0.15, 0.2) is 0 Å². The van der Waals surface area contributed by atoms with Crippen LogP contribution in [0.25, 0.3) is 0 Å². The second-order valence-corrected chi connectivity index (χ2v) is 6.61. The van der Waals surface area contributed by atoms with Crippen LogP contribution in [0.1, 0.15) is 10.4 Å². The number of ether oxygens (including phenoxy) is 1. The third kappa shape index (κ3) is 5.13. The largest absolute Gasteiger partial charge is 0.390 e. The molecule has 0 spiro atoms. The highest BCUT2D eigenvalue weighted by Gasteiger charge is 2.17. The van der Waals surface area contributed by atoms with E-state index in [9.17, 15) is 9.90 Å². The molecule has 1 saturated heterocycles. The summed E-state index contributed by atoms with van der Waals surface area (Å²) in [6, 6.07) is 15.0. The molecule has 1 unspecified atom stereocenters. The van der Waals surface area contributed by atoms with E-state index in [4.69, 9.17) is 16.3 Å². The Bertz CT molecular complexity index is 766. The Kier molecular flexibility index (Phi) is 6.92. The molecule has 1 atom stereocenters. The molecule has 0 radical (unpaired) electrons. The maximum atomic E-state index is 12.9. The fourth-order valence-electron chi connectivity index (χ4n) is 2.97. The van der Waals surface area contributed by atoms with Gasteiger partial charge < -0.3 is 25.4 Å². The number of anilines is 3. The van der Waals surface area contributed by atoms with Gasteiger partial charge in [0.2, 0.25) is 0 Å². The van der Waals surface area contributed by atoms with E-state index in [1.807, 2.05) is 42.5 Å². The van der Waals surface area contributed by atoms with Crippen molar-refractivity contribution < 1.29 is 14.6 Å². The number of hydrogen-bond donors (Lipinski definition) is 3. The van der Waals surface area contributed by atoms with Gasteiger partial charge in [0.05, 0.1) is 42.1 Å². The molecule has 1 aliphatic heterocycles. The van der Waals surface area contributed by atoms with Gasteiger partial charge in [0.1, 0.15) is 0 Å². The standard InChI is InChI=1S/C20H24ClN3O3/c21-13-15(25)14-22-17-6-2-1-5-16(17)20(26)23-18-7-3-4-8-19(18)24-9-11-27-12-10-24/h1-8,15,22,25H,9-14H2,(H,23,26). The molecule has 3 rings (SSSR count). The first-order chi connectivity index (χ1) is 13.2. The predicted octanol–water partition coefficient (Wildman–Crippen LogP) is 2.79. The van der Waals surface area contributed by atoms with Crippen LogP contribution in [-0.4, -0.2) is 55.8 Å². The van der Waals surface area contributed by atoms with Crippen molar-refractivity contribution in [3.63, 3.8) is 0 Å². The zero-order valence-corrected chi connectivity index (χ0v) is 15.8. The number of hydrogen-bond acceptors (Lipinski definition) is 5. The molecular formula is C20H24ClN3O3. The van der Waals surface area contributed by atoms with E-state index in [-0.39, 0.29) is 18.3 Å². The number of para-hydroxylation sites is 3. The molecule has 6 nitrogen and oxygen atoms in total. The van der Waals surface area contributed by atoms with Crippen molar-refractivity contribution in [1.82, 2.24) is 0 Å². The lowest BCUT2D eigenvalue weighted by Gasteiger charge is -2.30. The van der Waals surface area contributed by atoms with Crippen LogP contribution in [0.2, 0.25) is 0 Å². The van der Waals surface area contributed by atoms with Crippen LogP contribution in [0, 0.1) is 0 Å². The number of nitrogens with one attached hydrogen (secondary N) is 2. The summed E-state index contributed by atoms with van der Waals surface area (Å²) in [4.78, 5) is 15.1. The summed E-state index contributed by atoms with van der Waals surface area (Å²) in [6.45, 7) is 3.22. The van der Waals surface area contributed by atoms with E-state index >= 15 is 0 Å². The van der Waals surface area contributed by atoms with Crippen LogP contribution in [0.15, 0.2) is 48.5 Å². The quantitative estimate of drug-likeness (QED) is 0.635. The minimum atomic E-state index is -0.676. The molecule has 1 aliphatic rings. The molecule has 1 heterocycles. The lowest BCUT2D eigenvalue weighted by molar-refractivity contribution is 0.102. The molecule has 27 heavy (non-hydrogen) atoms.